The molecule has 37 heavy (non-hydrogen) atoms. The molecule has 0 aromatic heterocycles. The number of nitrogens with one attached hydrogen (secondary N) is 1. The van der Waals surface area contributed by atoms with Crippen molar-refractivity contribution in [3.05, 3.63) is 71.7 Å². The molecule has 2 amide bonds. The summed E-state index contributed by atoms with van der Waals surface area (Å²) in [5, 5.41) is 2.34. The molecule has 3 atom stereocenters. The van der Waals surface area contributed by atoms with Gasteiger partial charge in [-0.3, -0.25) is 14.6 Å². The molecule has 13 heteroatoms. The monoisotopic (exact) mass is 529 g/mol. The molecule has 2 aliphatic heterocycles. The molecule has 0 saturated carbocycles. The lowest BCUT2D eigenvalue weighted by Gasteiger charge is -2.44. The second kappa shape index (κ2) is 9.87. The van der Waals surface area contributed by atoms with Crippen LogP contribution >= 0.6 is 0 Å². The van der Waals surface area contributed by atoms with E-state index < -0.39 is 60.3 Å². The van der Waals surface area contributed by atoms with Crippen molar-refractivity contribution in [1.82, 2.24) is 4.90 Å². The number of amides is 2. The molecule has 0 fully saturated rings. The number of halogens is 7. The average molecular weight is 529 g/mol. The van der Waals surface area contributed by atoms with E-state index in [-0.39, 0.29) is 23.2 Å². The van der Waals surface area contributed by atoms with Crippen LogP contribution in [0.3, 0.4) is 0 Å². The fourth-order valence-electron chi connectivity index (χ4n) is 4.49. The summed E-state index contributed by atoms with van der Waals surface area (Å²) >= 11 is 0. The zero-order valence-corrected chi connectivity index (χ0v) is 18.7. The van der Waals surface area contributed by atoms with Crippen molar-refractivity contribution in [1.29, 1.82) is 0 Å². The second-order valence-electron chi connectivity index (χ2n) is 8.37. The molecule has 2 aromatic carbocycles. The van der Waals surface area contributed by atoms with E-state index >= 15 is 0 Å². The highest BCUT2D eigenvalue weighted by Gasteiger charge is 2.49. The van der Waals surface area contributed by atoms with Crippen molar-refractivity contribution in [2.75, 3.05) is 11.9 Å². The molecule has 0 saturated heterocycles. The Hall–Kier alpha value is -3.90. The predicted molar refractivity (Wildman–Crippen MR) is 118 cm³/mol. The molecule has 2 aromatic rings. The molecular formula is C24H18F7N3O3. The fraction of sp³-hybridized carbons (Fsp3) is 0.292. The Labute approximate surface area is 205 Å². The summed E-state index contributed by atoms with van der Waals surface area (Å²) in [4.78, 5) is 31.2. The number of hydrogen-bond acceptors (Lipinski definition) is 4. The number of ether oxygens (including phenoxy) is 1. The van der Waals surface area contributed by atoms with Gasteiger partial charge in [0.2, 0.25) is 5.91 Å². The Kier molecular flexibility index (Phi) is 6.98. The molecule has 0 spiro atoms. The van der Waals surface area contributed by atoms with Gasteiger partial charge in [-0.1, -0.05) is 24.3 Å². The molecule has 0 radical (unpaired) electrons. The largest absolute Gasteiger partial charge is 0.573 e. The fourth-order valence-corrected chi connectivity index (χ4v) is 4.49. The lowest BCUT2D eigenvalue weighted by Crippen LogP contribution is -2.57. The number of benzene rings is 2. The second-order valence-corrected chi connectivity index (χ2v) is 8.37. The smallest absolute Gasteiger partial charge is 0.403 e. The third-order valence-electron chi connectivity index (χ3n) is 5.86. The molecule has 2 heterocycles. The van der Waals surface area contributed by atoms with Crippen LogP contribution in [-0.2, 0) is 4.79 Å². The number of anilines is 1. The summed E-state index contributed by atoms with van der Waals surface area (Å²) in [6, 6.07) is 6.55. The van der Waals surface area contributed by atoms with E-state index in [1.54, 1.807) is 6.08 Å². The molecular weight excluding hydrogens is 511 g/mol. The minimum atomic E-state index is -5.21. The summed E-state index contributed by atoms with van der Waals surface area (Å²) in [5.41, 5.74) is -0.268. The normalized spacial score (nSPS) is 21.5. The van der Waals surface area contributed by atoms with Crippen LogP contribution in [0.25, 0.3) is 0 Å². The molecule has 2 aliphatic rings. The molecule has 0 bridgehead atoms. The Bertz CT molecular complexity index is 1260. The van der Waals surface area contributed by atoms with Gasteiger partial charge < -0.3 is 15.0 Å². The number of allylic oxidation sites excluding steroid dienone is 1. The van der Waals surface area contributed by atoms with E-state index in [9.17, 15) is 40.3 Å². The van der Waals surface area contributed by atoms with Gasteiger partial charge in [-0.25, -0.2) is 4.39 Å². The van der Waals surface area contributed by atoms with Gasteiger partial charge >= 0.3 is 12.5 Å². The van der Waals surface area contributed by atoms with Gasteiger partial charge in [0.1, 0.15) is 6.54 Å². The highest BCUT2D eigenvalue weighted by Crippen LogP contribution is 2.40. The minimum Gasteiger partial charge on any atom is -0.403 e. The van der Waals surface area contributed by atoms with Gasteiger partial charge in [0.15, 0.2) is 11.6 Å². The predicted octanol–water partition coefficient (Wildman–Crippen LogP) is 5.44. The average Bonchev–Trinajstić information content (AvgIpc) is 2.81. The first kappa shape index (κ1) is 26.2. The van der Waals surface area contributed by atoms with Crippen LogP contribution in [-0.4, -0.2) is 48.1 Å². The summed E-state index contributed by atoms with van der Waals surface area (Å²) in [6.07, 6.45) is -5.45. The van der Waals surface area contributed by atoms with E-state index in [0.29, 0.717) is 17.0 Å². The summed E-state index contributed by atoms with van der Waals surface area (Å²) in [7, 11) is 0. The van der Waals surface area contributed by atoms with Crippen LogP contribution in [0, 0.1) is 11.7 Å². The summed E-state index contributed by atoms with van der Waals surface area (Å²) in [5.74, 6) is -6.53. The Morgan fingerprint density at radius 1 is 1.11 bits per heavy atom. The van der Waals surface area contributed by atoms with Crippen LogP contribution in [0.1, 0.15) is 28.3 Å². The van der Waals surface area contributed by atoms with Gasteiger partial charge in [-0.05, 0) is 30.2 Å². The first-order chi connectivity index (χ1) is 17.3. The van der Waals surface area contributed by atoms with E-state index in [4.69, 9.17) is 0 Å². The zero-order chi connectivity index (χ0) is 27.0. The highest BCUT2D eigenvalue weighted by atomic mass is 19.4. The standard InChI is InChI=1S/C24H18F7N3O3/c25-17-8-7-14(10-18(17)37-24(29,30)31)33-21(35)19-15-5-1-2-6-16(15)22(36)34(12-23(26,27)28)20(19)13-4-3-9-32-11-13/h1-3,5-11,13,19-20H,4,12H2,(H,33,35)/t13?,19-,20+/m1/s1. The van der Waals surface area contributed by atoms with Crippen molar-refractivity contribution < 1.29 is 45.1 Å². The summed E-state index contributed by atoms with van der Waals surface area (Å²) < 4.78 is 95.9. The maximum absolute atomic E-state index is 13.8. The van der Waals surface area contributed by atoms with Gasteiger partial charge in [0.05, 0.1) is 12.0 Å². The van der Waals surface area contributed by atoms with Crippen LogP contribution in [0.5, 0.6) is 5.75 Å². The van der Waals surface area contributed by atoms with E-state index in [2.05, 4.69) is 15.0 Å². The Morgan fingerprint density at radius 2 is 1.84 bits per heavy atom. The maximum Gasteiger partial charge on any atom is 0.573 e. The van der Waals surface area contributed by atoms with Gasteiger partial charge in [0.25, 0.3) is 5.91 Å². The number of nitrogens with zero attached hydrogens (tertiary/aromatic N) is 2. The van der Waals surface area contributed by atoms with Crippen LogP contribution in [0.2, 0.25) is 0 Å². The van der Waals surface area contributed by atoms with Gasteiger partial charge in [-0.15, -0.1) is 13.2 Å². The molecule has 6 nitrogen and oxygen atoms in total. The van der Waals surface area contributed by atoms with Crippen LogP contribution < -0.4 is 10.1 Å². The third kappa shape index (κ3) is 5.92. The third-order valence-corrected chi connectivity index (χ3v) is 5.86. The number of rotatable bonds is 5. The van der Waals surface area contributed by atoms with E-state index in [0.717, 1.165) is 6.07 Å². The highest BCUT2D eigenvalue weighted by molar-refractivity contribution is 6.04. The zero-order valence-electron chi connectivity index (χ0n) is 18.7. The maximum atomic E-state index is 13.8. The molecule has 4 rings (SSSR count). The molecule has 196 valence electrons. The lowest BCUT2D eigenvalue weighted by molar-refractivity contribution is -0.275. The van der Waals surface area contributed by atoms with Crippen molar-refractivity contribution in [2.45, 2.75) is 30.9 Å². The topological polar surface area (TPSA) is 71.0 Å². The number of aliphatic imine (C=N–C) groups is 1. The van der Waals surface area contributed by atoms with Crippen LogP contribution in [0.4, 0.5) is 36.4 Å². The molecule has 1 N–H and O–H groups in total. The first-order valence-electron chi connectivity index (χ1n) is 10.8. The number of fused-ring (bicyclic) bond motifs is 1. The first-order valence-corrected chi connectivity index (χ1v) is 10.8. The van der Waals surface area contributed by atoms with Gasteiger partial charge in [0, 0.05) is 35.6 Å². The van der Waals surface area contributed by atoms with E-state index in [1.807, 2.05) is 0 Å². The van der Waals surface area contributed by atoms with E-state index in [1.165, 1.54) is 36.7 Å². The molecule has 1 unspecified atom stereocenters. The minimum absolute atomic E-state index is 0.119. The van der Waals surface area contributed by atoms with Crippen molar-refractivity contribution in [3.63, 3.8) is 0 Å². The Morgan fingerprint density at radius 3 is 2.49 bits per heavy atom. The Balaban J connectivity index is 1.76. The SMILES string of the molecule is O=C(Nc1ccc(F)c(OC(F)(F)F)c1)[C@@H]1c2ccccc2C(=O)N(CC(F)(F)F)[C@H]1C1C=NC=CC1. The number of carbonyl (C=O) groups is 2. The van der Waals surface area contributed by atoms with Crippen molar-refractivity contribution in [3.8, 4) is 5.75 Å². The molecule has 0 aliphatic carbocycles. The quantitative estimate of drug-likeness (QED) is 0.525. The van der Waals surface area contributed by atoms with Crippen molar-refractivity contribution in [2.24, 2.45) is 10.9 Å². The van der Waals surface area contributed by atoms with Crippen molar-refractivity contribution >= 4 is 23.7 Å². The lowest BCUT2D eigenvalue weighted by atomic mass is 9.75. The summed E-state index contributed by atoms with van der Waals surface area (Å²) in [6.45, 7) is -1.64. The number of carbonyl (C=O) groups excluding carboxylic acids is 2. The number of hydrogen-bond donors (Lipinski definition) is 1. The number of alkyl halides is 6. The van der Waals surface area contributed by atoms with Gasteiger partial charge in [-0.2, -0.15) is 13.2 Å². The van der Waals surface area contributed by atoms with Crippen LogP contribution in [0.15, 0.2) is 59.7 Å².